The second kappa shape index (κ2) is 2.83. The minimum atomic E-state index is 0.461. The average Bonchev–Trinajstić information content (AvgIpc) is 2.46. The Morgan fingerprint density at radius 2 is 2.08 bits per heavy atom. The first-order valence-electron chi connectivity index (χ1n) is 4.05. The monoisotopic (exact) mass is 179 g/mol. The van der Waals surface area contributed by atoms with Crippen LogP contribution in [0.5, 0.6) is 0 Å². The lowest BCUT2D eigenvalue weighted by molar-refractivity contribution is -0.706. The Morgan fingerprint density at radius 1 is 1.33 bits per heavy atom. The third-order valence-corrected chi connectivity index (χ3v) is 2.94. The summed E-state index contributed by atoms with van der Waals surface area (Å²) in [5.41, 5.74) is 1.09. The molecule has 3 heteroatoms. The summed E-state index contributed by atoms with van der Waals surface area (Å²) in [6.45, 7) is 4.28. The van der Waals surface area contributed by atoms with Gasteiger partial charge in [-0.25, -0.2) is 0 Å². The average molecular weight is 179 g/mol. The molecule has 0 N–H and O–H groups in total. The summed E-state index contributed by atoms with van der Waals surface area (Å²) in [5.74, 6) is 0. The van der Waals surface area contributed by atoms with Gasteiger partial charge in [0.25, 0.3) is 0 Å². The molecule has 1 heterocycles. The molecule has 1 aromatic carbocycles. The van der Waals surface area contributed by atoms with Gasteiger partial charge in [-0.15, -0.1) is 0 Å². The first kappa shape index (κ1) is 7.68. The Labute approximate surface area is 75.6 Å². The minimum Gasteiger partial charge on any atom is -0.0605 e. The number of fused-ring (bicyclic) bond motifs is 1. The molecule has 0 saturated carbocycles. The van der Waals surface area contributed by atoms with Crippen molar-refractivity contribution in [2.45, 2.75) is 19.9 Å². The van der Waals surface area contributed by atoms with E-state index in [1.807, 2.05) is 22.3 Å². The van der Waals surface area contributed by atoms with Crippen LogP contribution in [0.3, 0.4) is 0 Å². The molecule has 2 nitrogen and oxygen atoms in total. The lowest BCUT2D eigenvalue weighted by Crippen LogP contribution is -2.34. The van der Waals surface area contributed by atoms with Crippen LogP contribution in [0.4, 0.5) is 0 Å². The second-order valence-corrected chi connectivity index (χ2v) is 4.05. The highest BCUT2D eigenvalue weighted by atomic mass is 32.1. The molecule has 1 aromatic heterocycles. The molecule has 0 fully saturated rings. The van der Waals surface area contributed by atoms with Crippen LogP contribution in [0, 0.1) is 0 Å². The predicted molar refractivity (Wildman–Crippen MR) is 50.2 cm³/mol. The zero-order valence-electron chi connectivity index (χ0n) is 7.19. The van der Waals surface area contributed by atoms with Crippen LogP contribution in [0.25, 0.3) is 10.2 Å². The summed E-state index contributed by atoms with van der Waals surface area (Å²) < 4.78 is 3.29. The van der Waals surface area contributed by atoms with Crippen molar-refractivity contribution in [3.05, 3.63) is 24.3 Å². The maximum atomic E-state index is 4.45. The Bertz CT molecular complexity index is 359. The molecule has 0 aliphatic rings. The van der Waals surface area contributed by atoms with Gasteiger partial charge in [0.2, 0.25) is 0 Å². The number of aromatic nitrogens is 2. The molecular weight excluding hydrogens is 168 g/mol. The van der Waals surface area contributed by atoms with Crippen LogP contribution < -0.4 is 4.07 Å². The lowest BCUT2D eigenvalue weighted by atomic mass is 10.3. The third kappa shape index (κ3) is 1.20. The maximum Gasteiger partial charge on any atom is 0.193 e. The minimum absolute atomic E-state index is 0.461. The van der Waals surface area contributed by atoms with Gasteiger partial charge < -0.3 is 0 Å². The SMILES string of the molecule is CC(C)[n+]1nc2ccccc2s1. The van der Waals surface area contributed by atoms with Gasteiger partial charge in [0, 0.05) is 18.9 Å². The van der Waals surface area contributed by atoms with Crippen molar-refractivity contribution < 1.29 is 4.07 Å². The zero-order valence-corrected chi connectivity index (χ0v) is 8.01. The van der Waals surface area contributed by atoms with E-state index < -0.39 is 0 Å². The van der Waals surface area contributed by atoms with Crippen molar-refractivity contribution in [2.75, 3.05) is 0 Å². The number of benzene rings is 1. The molecule has 62 valence electrons. The Balaban J connectivity index is 2.62. The molecule has 0 unspecified atom stereocenters. The fraction of sp³-hybridized carbons (Fsp3) is 0.333. The zero-order chi connectivity index (χ0) is 8.55. The first-order valence-corrected chi connectivity index (χ1v) is 4.82. The summed E-state index contributed by atoms with van der Waals surface area (Å²) in [7, 11) is 0. The second-order valence-electron chi connectivity index (χ2n) is 3.06. The molecule has 0 aliphatic carbocycles. The number of hydrogen-bond donors (Lipinski definition) is 0. The van der Waals surface area contributed by atoms with E-state index in [9.17, 15) is 0 Å². The van der Waals surface area contributed by atoms with Crippen molar-refractivity contribution in [2.24, 2.45) is 0 Å². The third-order valence-electron chi connectivity index (χ3n) is 1.71. The highest BCUT2D eigenvalue weighted by molar-refractivity contribution is 7.09. The Kier molecular flexibility index (Phi) is 1.81. The quantitative estimate of drug-likeness (QED) is 0.613. The molecule has 0 spiro atoms. The van der Waals surface area contributed by atoms with E-state index in [1.165, 1.54) is 4.70 Å². The normalized spacial score (nSPS) is 11.2. The van der Waals surface area contributed by atoms with E-state index in [0.717, 1.165) is 5.52 Å². The fourth-order valence-electron chi connectivity index (χ4n) is 1.07. The number of hydrogen-bond acceptors (Lipinski definition) is 2. The van der Waals surface area contributed by atoms with Gasteiger partial charge in [0.05, 0.1) is 0 Å². The summed E-state index contributed by atoms with van der Waals surface area (Å²) in [6, 6.07) is 8.68. The van der Waals surface area contributed by atoms with Crippen LogP contribution in [0.1, 0.15) is 19.9 Å². The van der Waals surface area contributed by atoms with Gasteiger partial charge in [-0.2, -0.15) is 0 Å². The van der Waals surface area contributed by atoms with Crippen molar-refractivity contribution in [3.8, 4) is 0 Å². The largest absolute Gasteiger partial charge is 0.193 e. The maximum absolute atomic E-state index is 4.45. The van der Waals surface area contributed by atoms with E-state index in [1.54, 1.807) is 11.5 Å². The Morgan fingerprint density at radius 3 is 2.75 bits per heavy atom. The first-order chi connectivity index (χ1) is 5.77. The number of rotatable bonds is 1. The van der Waals surface area contributed by atoms with E-state index in [-0.39, 0.29) is 0 Å². The fourth-order valence-corrected chi connectivity index (χ4v) is 1.95. The van der Waals surface area contributed by atoms with Gasteiger partial charge >= 0.3 is 0 Å². The van der Waals surface area contributed by atoms with Crippen LogP contribution in [0.2, 0.25) is 0 Å². The van der Waals surface area contributed by atoms with E-state index >= 15 is 0 Å². The molecule has 0 saturated heterocycles. The lowest BCUT2D eigenvalue weighted by Gasteiger charge is -1.85. The van der Waals surface area contributed by atoms with E-state index in [4.69, 9.17) is 0 Å². The predicted octanol–water partition coefficient (Wildman–Crippen LogP) is 2.16. The van der Waals surface area contributed by atoms with Crippen LogP contribution >= 0.6 is 11.5 Å². The highest BCUT2D eigenvalue weighted by Gasteiger charge is 2.13. The van der Waals surface area contributed by atoms with E-state index in [0.29, 0.717) is 6.04 Å². The standard InChI is InChI=1S/C9H11N2S/c1-7(2)11-10-8-5-3-4-6-9(8)12-11/h3-7H,1-2H3/q+1. The molecule has 12 heavy (non-hydrogen) atoms. The molecule has 2 rings (SSSR count). The smallest absolute Gasteiger partial charge is 0.0605 e. The van der Waals surface area contributed by atoms with Gasteiger partial charge in [0.1, 0.15) is 4.70 Å². The molecular formula is C9H11N2S+. The van der Waals surface area contributed by atoms with Gasteiger partial charge in [-0.3, -0.25) is 0 Å². The van der Waals surface area contributed by atoms with Gasteiger partial charge in [-0.05, 0) is 16.2 Å². The van der Waals surface area contributed by atoms with Gasteiger partial charge in [0.15, 0.2) is 23.1 Å². The van der Waals surface area contributed by atoms with Crippen molar-refractivity contribution in [1.29, 1.82) is 0 Å². The summed E-state index contributed by atoms with van der Waals surface area (Å²) in [5, 5.41) is 4.45. The van der Waals surface area contributed by atoms with E-state index in [2.05, 4.69) is 25.0 Å². The van der Waals surface area contributed by atoms with Crippen LogP contribution in [-0.2, 0) is 0 Å². The molecule has 0 radical (unpaired) electrons. The van der Waals surface area contributed by atoms with Crippen LogP contribution in [-0.4, -0.2) is 5.10 Å². The van der Waals surface area contributed by atoms with Crippen molar-refractivity contribution in [3.63, 3.8) is 0 Å². The summed E-state index contributed by atoms with van der Waals surface area (Å²) in [6.07, 6.45) is 0. The van der Waals surface area contributed by atoms with Crippen LogP contribution in [0.15, 0.2) is 24.3 Å². The highest BCUT2D eigenvalue weighted by Crippen LogP contribution is 2.13. The molecule has 0 atom stereocenters. The Hall–Kier alpha value is -0.960. The van der Waals surface area contributed by atoms with Gasteiger partial charge in [-0.1, -0.05) is 12.1 Å². The number of nitrogens with zero attached hydrogens (tertiary/aromatic N) is 2. The molecule has 0 aliphatic heterocycles. The summed E-state index contributed by atoms with van der Waals surface area (Å²) >= 11 is 1.71. The summed E-state index contributed by atoms with van der Waals surface area (Å²) in [4.78, 5) is 0. The molecule has 0 amide bonds. The molecule has 2 aromatic rings. The topological polar surface area (TPSA) is 16.8 Å². The van der Waals surface area contributed by atoms with Crippen molar-refractivity contribution in [1.82, 2.24) is 5.10 Å². The molecule has 0 bridgehead atoms. The van der Waals surface area contributed by atoms with Crippen molar-refractivity contribution >= 4 is 21.7 Å².